The number of hydrogen-bond donors (Lipinski definition) is 3. The van der Waals surface area contributed by atoms with Crippen LogP contribution in [0.4, 0.5) is 0 Å². The average molecular weight is 567 g/mol. The highest BCUT2D eigenvalue weighted by Gasteiger charge is 2.46. The van der Waals surface area contributed by atoms with Gasteiger partial charge in [-0.25, -0.2) is 9.78 Å². The Morgan fingerprint density at radius 2 is 1.76 bits per heavy atom. The van der Waals surface area contributed by atoms with Gasteiger partial charge in [0.2, 0.25) is 5.91 Å². The summed E-state index contributed by atoms with van der Waals surface area (Å²) in [7, 11) is -1.28. The molecular weight excluding hydrogens is 529 g/mol. The number of amides is 2. The van der Waals surface area contributed by atoms with Crippen molar-refractivity contribution in [2.75, 3.05) is 0 Å². The first-order valence-electron chi connectivity index (χ1n) is 13.6. The van der Waals surface area contributed by atoms with Crippen molar-refractivity contribution < 1.29 is 38.3 Å². The van der Waals surface area contributed by atoms with Crippen molar-refractivity contribution in [2.24, 2.45) is 5.92 Å². The lowest BCUT2D eigenvalue weighted by atomic mass is 9.72. The third-order valence-corrected chi connectivity index (χ3v) is 6.05. The van der Waals surface area contributed by atoms with Gasteiger partial charge in [0.15, 0.2) is 6.10 Å². The summed E-state index contributed by atoms with van der Waals surface area (Å²) in [4.78, 5) is 55.8. The van der Waals surface area contributed by atoms with Crippen molar-refractivity contribution in [3.8, 4) is 11.3 Å². The molecule has 3 rings (SSSR count). The minimum atomic E-state index is -1.36. The largest absolute Gasteiger partial charge is 0.551 e. The zero-order chi connectivity index (χ0) is 30.3. The van der Waals surface area contributed by atoms with Crippen LogP contribution in [-0.2, 0) is 28.4 Å². The quantitative estimate of drug-likeness (QED) is 0.290. The monoisotopic (exact) mass is 567 g/mol. The summed E-state index contributed by atoms with van der Waals surface area (Å²) < 4.78 is 16.5. The number of benzene rings is 1. The Kier molecular flexibility index (Phi) is 10.6. The van der Waals surface area contributed by atoms with Gasteiger partial charge in [-0.05, 0) is 52.2 Å². The van der Waals surface area contributed by atoms with Crippen LogP contribution in [0.2, 0.25) is 0 Å². The van der Waals surface area contributed by atoms with Crippen molar-refractivity contribution in [1.82, 2.24) is 15.6 Å². The van der Waals surface area contributed by atoms with E-state index in [0.717, 1.165) is 5.56 Å². The number of rotatable bonds is 10. The van der Waals surface area contributed by atoms with Crippen LogP contribution >= 0.6 is 0 Å². The molecule has 1 aliphatic rings. The first kappa shape index (κ1) is 31.8. The van der Waals surface area contributed by atoms with E-state index >= 15 is 0 Å². The van der Waals surface area contributed by atoms with Gasteiger partial charge in [-0.1, -0.05) is 50.2 Å². The molecule has 1 fully saturated rings. The number of aliphatic hydroxyl groups is 1. The van der Waals surface area contributed by atoms with Crippen LogP contribution in [0.5, 0.6) is 0 Å². The summed E-state index contributed by atoms with van der Waals surface area (Å²) in [5, 5.41) is 15.7. The Labute approximate surface area is 240 Å². The summed E-state index contributed by atoms with van der Waals surface area (Å²) in [6.45, 7) is 10.3. The molecule has 0 radical (unpaired) electrons. The van der Waals surface area contributed by atoms with Gasteiger partial charge in [-0.3, -0.25) is 14.4 Å². The zero-order valence-electron chi connectivity index (χ0n) is 24.2. The van der Waals surface area contributed by atoms with Crippen LogP contribution in [0, 0.1) is 5.92 Å². The molecule has 1 aromatic carbocycles. The zero-order valence-corrected chi connectivity index (χ0v) is 24.2. The maximum absolute atomic E-state index is 13.4. The molecule has 1 aliphatic heterocycles. The summed E-state index contributed by atoms with van der Waals surface area (Å²) in [6, 6.07) is 12.9. The molecule has 2 aromatic rings. The van der Waals surface area contributed by atoms with Gasteiger partial charge in [0, 0.05) is 5.56 Å². The summed E-state index contributed by atoms with van der Waals surface area (Å²) >= 11 is 0. The second-order valence-electron chi connectivity index (χ2n) is 11.4. The molecule has 1 saturated heterocycles. The smallest absolute Gasteiger partial charge is 0.508 e. The topological polar surface area (TPSA) is 153 Å². The predicted molar refractivity (Wildman–Crippen MR) is 151 cm³/mol. The fraction of sp³-hybridized carbons (Fsp3) is 0.483. The van der Waals surface area contributed by atoms with Gasteiger partial charge in [-0.2, -0.15) is 0 Å². The molecule has 2 amide bonds. The fourth-order valence-electron chi connectivity index (χ4n) is 4.22. The van der Waals surface area contributed by atoms with Crippen molar-refractivity contribution in [3.63, 3.8) is 0 Å². The Balaban J connectivity index is 1.75. The Hall–Kier alpha value is -3.77. The highest BCUT2D eigenvalue weighted by atomic mass is 16.7. The number of nitrogens with one attached hydrogen (secondary N) is 2. The third kappa shape index (κ3) is 9.39. The van der Waals surface area contributed by atoms with E-state index in [1.165, 1.54) is 13.0 Å². The van der Waals surface area contributed by atoms with Crippen molar-refractivity contribution in [1.29, 1.82) is 0 Å². The van der Waals surface area contributed by atoms with Crippen LogP contribution in [0.3, 0.4) is 0 Å². The predicted octanol–water partition coefficient (Wildman–Crippen LogP) is 2.46. The molecule has 220 valence electrons. The molecular formula is C29H38BN3O8. The lowest BCUT2D eigenvalue weighted by Gasteiger charge is -2.33. The lowest BCUT2D eigenvalue weighted by molar-refractivity contribution is -0.171. The minimum absolute atomic E-state index is 0.0222. The van der Waals surface area contributed by atoms with Gasteiger partial charge in [0.25, 0.3) is 11.9 Å². The van der Waals surface area contributed by atoms with Gasteiger partial charge in [0.05, 0.1) is 24.2 Å². The second kappa shape index (κ2) is 13.7. The van der Waals surface area contributed by atoms with Gasteiger partial charge >= 0.3 is 13.1 Å². The van der Waals surface area contributed by atoms with Crippen LogP contribution in [-0.4, -0.2) is 70.8 Å². The van der Waals surface area contributed by atoms with E-state index in [4.69, 9.17) is 14.0 Å². The number of pyridine rings is 1. The van der Waals surface area contributed by atoms with E-state index in [1.807, 2.05) is 44.2 Å². The van der Waals surface area contributed by atoms with Gasteiger partial charge in [0.1, 0.15) is 17.3 Å². The summed E-state index contributed by atoms with van der Waals surface area (Å²) in [5.74, 6) is -3.63. The number of aromatic nitrogens is 1. The number of nitrogens with zero attached hydrogens (tertiary/aromatic N) is 1. The normalized spacial score (nSPS) is 17.7. The highest BCUT2D eigenvalue weighted by Crippen LogP contribution is 2.21. The molecule has 0 aliphatic carbocycles. The SMILES string of the molecule is CC(C)C[C@H](NC(=O)[C@@H](NC(=O)c1cccc(-c2ccccc2)n1)[C@@H](C)O)B1OC(=O)C[C@@H](C(=O)OC(C)(C)C)O1. The van der Waals surface area contributed by atoms with E-state index in [1.54, 1.807) is 32.9 Å². The van der Waals surface area contributed by atoms with Gasteiger partial charge < -0.3 is 29.8 Å². The molecule has 2 heterocycles. The first-order chi connectivity index (χ1) is 19.2. The Morgan fingerprint density at radius 3 is 2.37 bits per heavy atom. The van der Waals surface area contributed by atoms with E-state index in [0.29, 0.717) is 12.1 Å². The van der Waals surface area contributed by atoms with Crippen LogP contribution < -0.4 is 10.6 Å². The standard InChI is InChI=1S/C29H38BN3O8/c1-17(2)15-23(30-40-22(16-24(35)41-30)28(38)39-29(4,5)6)32-27(37)25(18(3)34)33-26(36)21-14-10-13-20(31-21)19-11-8-7-9-12-19/h7-14,17-18,22-23,25,34H,15-16H2,1-6H3,(H,32,37)(H,33,36)/t18-,22+,23+,25+/m1/s1. The maximum atomic E-state index is 13.4. The minimum Gasteiger partial charge on any atom is -0.508 e. The molecule has 0 spiro atoms. The van der Waals surface area contributed by atoms with E-state index in [-0.39, 0.29) is 18.0 Å². The van der Waals surface area contributed by atoms with Crippen LogP contribution in [0.15, 0.2) is 48.5 Å². The number of aliphatic hydroxyl groups excluding tert-OH is 1. The first-order valence-corrected chi connectivity index (χ1v) is 13.6. The molecule has 0 saturated carbocycles. The Bertz CT molecular complexity index is 1230. The number of hydrogen-bond acceptors (Lipinski definition) is 9. The number of ether oxygens (including phenoxy) is 1. The molecule has 12 heteroatoms. The molecule has 1 aromatic heterocycles. The summed E-state index contributed by atoms with van der Waals surface area (Å²) in [5.41, 5.74) is 0.661. The van der Waals surface area contributed by atoms with Crippen molar-refractivity contribution in [3.05, 3.63) is 54.2 Å². The molecule has 3 N–H and O–H groups in total. The van der Waals surface area contributed by atoms with Crippen molar-refractivity contribution in [2.45, 2.75) is 84.2 Å². The van der Waals surface area contributed by atoms with Crippen LogP contribution in [0.25, 0.3) is 11.3 Å². The fourth-order valence-corrected chi connectivity index (χ4v) is 4.22. The molecule has 4 atom stereocenters. The molecule has 11 nitrogen and oxygen atoms in total. The van der Waals surface area contributed by atoms with E-state index < -0.39 is 60.7 Å². The number of esters is 1. The average Bonchev–Trinajstić information content (AvgIpc) is 2.90. The molecule has 0 unspecified atom stereocenters. The van der Waals surface area contributed by atoms with E-state index in [9.17, 15) is 24.3 Å². The lowest BCUT2D eigenvalue weighted by Crippen LogP contribution is -2.60. The molecule has 0 bridgehead atoms. The van der Waals surface area contributed by atoms with Gasteiger partial charge in [-0.15, -0.1) is 0 Å². The second-order valence-corrected chi connectivity index (χ2v) is 11.4. The summed E-state index contributed by atoms with van der Waals surface area (Å²) in [6.07, 6.45) is -2.50. The number of carbonyl (C=O) groups is 4. The number of carbonyl (C=O) groups excluding carboxylic acids is 4. The van der Waals surface area contributed by atoms with Crippen LogP contribution in [0.1, 0.15) is 64.9 Å². The van der Waals surface area contributed by atoms with Crippen molar-refractivity contribution >= 4 is 30.9 Å². The Morgan fingerprint density at radius 1 is 1.07 bits per heavy atom. The third-order valence-electron chi connectivity index (χ3n) is 6.05. The van der Waals surface area contributed by atoms with E-state index in [2.05, 4.69) is 15.6 Å². The molecule has 41 heavy (non-hydrogen) atoms. The highest BCUT2D eigenvalue weighted by molar-refractivity contribution is 6.50. The maximum Gasteiger partial charge on any atom is 0.551 e.